The van der Waals surface area contributed by atoms with Gasteiger partial charge in [0.05, 0.1) is 16.6 Å². The van der Waals surface area contributed by atoms with Crippen LogP contribution in [0.15, 0.2) is 42.5 Å². The Hall–Kier alpha value is -3.06. The van der Waals surface area contributed by atoms with E-state index >= 15 is 0 Å². The van der Waals surface area contributed by atoms with Crippen molar-refractivity contribution in [3.05, 3.63) is 59.4 Å². The van der Waals surface area contributed by atoms with E-state index in [9.17, 15) is 5.26 Å². The molecule has 1 heterocycles. The van der Waals surface area contributed by atoms with Gasteiger partial charge in [0.25, 0.3) is 0 Å². The zero-order valence-corrected chi connectivity index (χ0v) is 13.5. The van der Waals surface area contributed by atoms with Crippen LogP contribution in [0.5, 0.6) is 0 Å². The summed E-state index contributed by atoms with van der Waals surface area (Å²) >= 11 is 0. The molecule has 0 saturated carbocycles. The van der Waals surface area contributed by atoms with Crippen LogP contribution in [-0.4, -0.2) is 24.1 Å². The summed E-state index contributed by atoms with van der Waals surface area (Å²) in [6.45, 7) is 2.04. The van der Waals surface area contributed by atoms with Crippen LogP contribution in [0.1, 0.15) is 17.0 Å². The van der Waals surface area contributed by atoms with Crippen LogP contribution < -0.4 is 4.90 Å². The summed E-state index contributed by atoms with van der Waals surface area (Å²) in [6, 6.07) is 16.3. The molecule has 23 heavy (non-hydrogen) atoms. The van der Waals surface area contributed by atoms with Gasteiger partial charge in [-0.3, -0.25) is 0 Å². The van der Waals surface area contributed by atoms with Gasteiger partial charge in [0.15, 0.2) is 0 Å². The summed E-state index contributed by atoms with van der Waals surface area (Å²) in [7, 11) is 4.00. The van der Waals surface area contributed by atoms with Crippen LogP contribution in [0.3, 0.4) is 0 Å². The van der Waals surface area contributed by atoms with Crippen molar-refractivity contribution in [1.29, 1.82) is 5.26 Å². The predicted molar refractivity (Wildman–Crippen MR) is 95.1 cm³/mol. The second kappa shape index (κ2) is 5.98. The molecule has 0 aliphatic carbocycles. The lowest BCUT2D eigenvalue weighted by molar-refractivity contribution is 1.13. The molecule has 1 N–H and O–H groups in total. The third kappa shape index (κ3) is 3.09. The third-order valence-electron chi connectivity index (χ3n) is 3.73. The normalized spacial score (nSPS) is 11.5. The second-order valence-corrected chi connectivity index (χ2v) is 5.76. The van der Waals surface area contributed by atoms with Crippen molar-refractivity contribution in [3.63, 3.8) is 0 Å². The molecule has 0 saturated heterocycles. The van der Waals surface area contributed by atoms with E-state index in [1.165, 1.54) is 0 Å². The SMILES string of the molecule is Cc1ccc2nc(/C(C#N)=C\c3ccc(N(C)C)cc3)[nH]c2c1. The number of nitrogens with one attached hydrogen (secondary N) is 1. The molecule has 3 rings (SSSR count). The summed E-state index contributed by atoms with van der Waals surface area (Å²) in [4.78, 5) is 9.78. The van der Waals surface area contributed by atoms with Gasteiger partial charge in [0.1, 0.15) is 11.9 Å². The molecule has 0 radical (unpaired) electrons. The number of aryl methyl sites for hydroxylation is 1. The maximum Gasteiger partial charge on any atom is 0.149 e. The van der Waals surface area contributed by atoms with Gasteiger partial charge in [0, 0.05) is 19.8 Å². The number of hydrogen-bond donors (Lipinski definition) is 1. The summed E-state index contributed by atoms with van der Waals surface area (Å²) < 4.78 is 0. The van der Waals surface area contributed by atoms with Crippen molar-refractivity contribution in [2.45, 2.75) is 6.92 Å². The van der Waals surface area contributed by atoms with Gasteiger partial charge in [-0.05, 0) is 48.4 Å². The Morgan fingerprint density at radius 1 is 1.17 bits per heavy atom. The Kier molecular flexibility index (Phi) is 3.86. The van der Waals surface area contributed by atoms with Gasteiger partial charge in [-0.2, -0.15) is 5.26 Å². The maximum absolute atomic E-state index is 9.48. The molecule has 114 valence electrons. The zero-order valence-electron chi connectivity index (χ0n) is 13.5. The first-order valence-corrected chi connectivity index (χ1v) is 7.43. The Bertz CT molecular complexity index is 909. The quantitative estimate of drug-likeness (QED) is 0.744. The average molecular weight is 302 g/mol. The lowest BCUT2D eigenvalue weighted by Gasteiger charge is -2.11. The topological polar surface area (TPSA) is 55.7 Å². The molecule has 2 aromatic carbocycles. The highest BCUT2D eigenvalue weighted by Gasteiger charge is 2.08. The van der Waals surface area contributed by atoms with Gasteiger partial charge in [-0.15, -0.1) is 0 Å². The van der Waals surface area contributed by atoms with Crippen LogP contribution in [0.2, 0.25) is 0 Å². The highest BCUT2D eigenvalue weighted by molar-refractivity contribution is 5.90. The lowest BCUT2D eigenvalue weighted by Crippen LogP contribution is -2.07. The van der Waals surface area contributed by atoms with E-state index in [4.69, 9.17) is 0 Å². The molecule has 0 atom stereocenters. The zero-order chi connectivity index (χ0) is 16.4. The number of allylic oxidation sites excluding steroid dienone is 1. The number of rotatable bonds is 3. The predicted octanol–water partition coefficient (Wildman–Crippen LogP) is 4.00. The average Bonchev–Trinajstić information content (AvgIpc) is 2.95. The minimum Gasteiger partial charge on any atom is -0.378 e. The number of H-pyrrole nitrogens is 1. The standard InChI is InChI=1S/C19H18N4/c1-13-4-9-17-18(10-13)22-19(21-17)15(12-20)11-14-5-7-16(8-6-14)23(2)3/h4-11H,1-3H3,(H,21,22)/b15-11-. The van der Waals surface area contributed by atoms with Gasteiger partial charge in [-0.1, -0.05) is 18.2 Å². The van der Waals surface area contributed by atoms with Crippen LogP contribution in [0.25, 0.3) is 22.7 Å². The van der Waals surface area contributed by atoms with Gasteiger partial charge in [-0.25, -0.2) is 4.98 Å². The molecule has 0 amide bonds. The maximum atomic E-state index is 9.48. The van der Waals surface area contributed by atoms with E-state index in [0.29, 0.717) is 11.4 Å². The van der Waals surface area contributed by atoms with E-state index in [-0.39, 0.29) is 0 Å². The molecular formula is C19H18N4. The number of hydrogen-bond acceptors (Lipinski definition) is 3. The Morgan fingerprint density at radius 3 is 2.57 bits per heavy atom. The minimum absolute atomic E-state index is 0.524. The third-order valence-corrected chi connectivity index (χ3v) is 3.73. The first-order valence-electron chi connectivity index (χ1n) is 7.43. The van der Waals surface area contributed by atoms with Crippen LogP contribution >= 0.6 is 0 Å². The van der Waals surface area contributed by atoms with Crippen LogP contribution in [0.4, 0.5) is 5.69 Å². The summed E-state index contributed by atoms with van der Waals surface area (Å²) in [5.74, 6) is 0.602. The molecule has 0 aliphatic heterocycles. The molecule has 4 nitrogen and oxygen atoms in total. The molecule has 4 heteroatoms. The highest BCUT2D eigenvalue weighted by atomic mass is 15.1. The number of fused-ring (bicyclic) bond motifs is 1. The minimum atomic E-state index is 0.524. The van der Waals surface area contributed by atoms with E-state index < -0.39 is 0 Å². The molecule has 0 spiro atoms. The fraction of sp³-hybridized carbons (Fsp3) is 0.158. The van der Waals surface area contributed by atoms with E-state index in [1.54, 1.807) is 0 Å². The smallest absolute Gasteiger partial charge is 0.149 e. The number of benzene rings is 2. The Morgan fingerprint density at radius 2 is 1.91 bits per heavy atom. The van der Waals surface area contributed by atoms with E-state index in [2.05, 4.69) is 16.0 Å². The van der Waals surface area contributed by atoms with Crippen molar-refractivity contribution in [1.82, 2.24) is 9.97 Å². The number of imidazole rings is 1. The summed E-state index contributed by atoms with van der Waals surface area (Å²) in [5, 5.41) is 9.48. The molecule has 0 bridgehead atoms. The molecule has 3 aromatic rings. The number of anilines is 1. The van der Waals surface area contributed by atoms with Crippen molar-refractivity contribution < 1.29 is 0 Å². The number of aromatic nitrogens is 2. The largest absolute Gasteiger partial charge is 0.378 e. The van der Waals surface area contributed by atoms with E-state index in [0.717, 1.165) is 27.8 Å². The Balaban J connectivity index is 1.98. The lowest BCUT2D eigenvalue weighted by atomic mass is 10.1. The summed E-state index contributed by atoms with van der Waals surface area (Å²) in [5.41, 5.74) is 5.60. The second-order valence-electron chi connectivity index (χ2n) is 5.76. The first-order chi connectivity index (χ1) is 11.1. The van der Waals surface area contributed by atoms with Crippen molar-refractivity contribution >= 4 is 28.4 Å². The monoisotopic (exact) mass is 302 g/mol. The number of nitriles is 1. The van der Waals surface area contributed by atoms with Crippen molar-refractivity contribution in [2.75, 3.05) is 19.0 Å². The van der Waals surface area contributed by atoms with Crippen molar-refractivity contribution in [3.8, 4) is 6.07 Å². The van der Waals surface area contributed by atoms with Gasteiger partial charge in [0.2, 0.25) is 0 Å². The van der Waals surface area contributed by atoms with Crippen molar-refractivity contribution in [2.24, 2.45) is 0 Å². The fourth-order valence-electron chi connectivity index (χ4n) is 2.44. The molecule has 0 aliphatic rings. The fourth-order valence-corrected chi connectivity index (χ4v) is 2.44. The molecular weight excluding hydrogens is 284 g/mol. The number of nitrogens with zero attached hydrogens (tertiary/aromatic N) is 3. The van der Waals surface area contributed by atoms with Gasteiger partial charge >= 0.3 is 0 Å². The highest BCUT2D eigenvalue weighted by Crippen LogP contribution is 2.21. The molecule has 0 unspecified atom stereocenters. The Labute approximate surface area is 135 Å². The van der Waals surface area contributed by atoms with Crippen LogP contribution in [-0.2, 0) is 0 Å². The first kappa shape index (κ1) is 14.9. The van der Waals surface area contributed by atoms with Crippen LogP contribution in [0, 0.1) is 18.3 Å². The van der Waals surface area contributed by atoms with Gasteiger partial charge < -0.3 is 9.88 Å². The summed E-state index contributed by atoms with van der Waals surface area (Å²) in [6.07, 6.45) is 1.85. The molecule has 1 aromatic heterocycles. The number of aromatic amines is 1. The van der Waals surface area contributed by atoms with E-state index in [1.807, 2.05) is 74.5 Å². The molecule has 0 fully saturated rings.